The maximum atomic E-state index is 15.1. The molecule has 1 saturated carbocycles. The summed E-state index contributed by atoms with van der Waals surface area (Å²) in [7, 11) is 0. The third-order valence-electron chi connectivity index (χ3n) is 7.23. The minimum atomic E-state index is -0.521. The first-order valence-electron chi connectivity index (χ1n) is 12.0. The molecule has 2 aliphatic heterocycles. The van der Waals surface area contributed by atoms with Crippen LogP contribution < -0.4 is 20.4 Å². The number of anilines is 2. The lowest BCUT2D eigenvalue weighted by Gasteiger charge is -2.23. The first-order chi connectivity index (χ1) is 16.5. The molecule has 180 valence electrons. The Hall–Kier alpha value is -3.13. The number of hydrogen-bond acceptors (Lipinski definition) is 5. The minimum Gasteiger partial charge on any atom is -0.442 e. The zero-order valence-corrected chi connectivity index (χ0v) is 19.4. The first kappa shape index (κ1) is 22.7. The van der Waals surface area contributed by atoms with E-state index in [0.717, 1.165) is 32.5 Å². The fourth-order valence-electron chi connectivity index (χ4n) is 5.54. The predicted octanol–water partition coefficient (Wildman–Crippen LogP) is 3.29. The number of hydrogen-bond donors (Lipinski definition) is 2. The zero-order chi connectivity index (χ0) is 23.7. The van der Waals surface area contributed by atoms with Gasteiger partial charge in [0.15, 0.2) is 0 Å². The SMILES string of the molecule is CC(=O)NC[C@H]1CN(c2ccc(N3C[C@H]4CC(NCc5ccccc5)C[C@H]4C3)c(F)c2)C(=O)O1. The molecule has 2 aromatic rings. The van der Waals surface area contributed by atoms with Crippen LogP contribution in [0.2, 0.25) is 0 Å². The number of cyclic esters (lactones) is 1. The molecule has 0 radical (unpaired) electrons. The van der Waals surface area contributed by atoms with Crippen LogP contribution >= 0.6 is 0 Å². The van der Waals surface area contributed by atoms with E-state index < -0.39 is 12.2 Å². The molecule has 1 unspecified atom stereocenters. The second-order valence-electron chi connectivity index (χ2n) is 9.65. The molecule has 2 aromatic carbocycles. The average molecular weight is 467 g/mol. The number of nitrogens with zero attached hydrogens (tertiary/aromatic N) is 2. The molecular weight excluding hydrogens is 435 g/mol. The van der Waals surface area contributed by atoms with Crippen molar-refractivity contribution in [1.82, 2.24) is 10.6 Å². The topological polar surface area (TPSA) is 73.9 Å². The first-order valence-corrected chi connectivity index (χ1v) is 12.0. The molecule has 0 aromatic heterocycles. The van der Waals surface area contributed by atoms with Crippen LogP contribution in [-0.2, 0) is 16.1 Å². The largest absolute Gasteiger partial charge is 0.442 e. The number of halogens is 1. The number of rotatable bonds is 7. The van der Waals surface area contributed by atoms with Crippen molar-refractivity contribution in [3.05, 3.63) is 59.9 Å². The van der Waals surface area contributed by atoms with Gasteiger partial charge in [0, 0.05) is 32.6 Å². The molecule has 2 N–H and O–H groups in total. The molecule has 4 atom stereocenters. The normalized spacial score (nSPS) is 26.0. The number of ether oxygens (including phenoxy) is 1. The maximum Gasteiger partial charge on any atom is 0.414 e. The van der Waals surface area contributed by atoms with Gasteiger partial charge in [-0.3, -0.25) is 9.69 Å². The highest BCUT2D eigenvalue weighted by Gasteiger charge is 2.41. The third kappa shape index (κ3) is 4.87. The van der Waals surface area contributed by atoms with Crippen molar-refractivity contribution in [1.29, 1.82) is 0 Å². The van der Waals surface area contributed by atoms with Gasteiger partial charge >= 0.3 is 6.09 Å². The number of carbonyl (C=O) groups excluding carboxylic acids is 2. The van der Waals surface area contributed by atoms with E-state index in [1.807, 2.05) is 6.07 Å². The number of fused-ring (bicyclic) bond motifs is 1. The van der Waals surface area contributed by atoms with E-state index in [1.165, 1.54) is 23.5 Å². The lowest BCUT2D eigenvalue weighted by molar-refractivity contribution is -0.119. The van der Waals surface area contributed by atoms with Gasteiger partial charge in [0.2, 0.25) is 5.91 Å². The fraction of sp³-hybridized carbons (Fsp3) is 0.462. The van der Waals surface area contributed by atoms with Crippen LogP contribution in [0.1, 0.15) is 25.3 Å². The van der Waals surface area contributed by atoms with Crippen LogP contribution in [0, 0.1) is 17.7 Å². The van der Waals surface area contributed by atoms with E-state index >= 15 is 4.39 Å². The van der Waals surface area contributed by atoms with Crippen molar-refractivity contribution in [3.8, 4) is 0 Å². The van der Waals surface area contributed by atoms with Crippen LogP contribution in [0.5, 0.6) is 0 Å². The van der Waals surface area contributed by atoms with Gasteiger partial charge in [-0.2, -0.15) is 0 Å². The van der Waals surface area contributed by atoms with Crippen molar-refractivity contribution in [2.24, 2.45) is 11.8 Å². The Bertz CT molecular complexity index is 1040. The maximum absolute atomic E-state index is 15.1. The third-order valence-corrected chi connectivity index (χ3v) is 7.23. The second kappa shape index (κ2) is 9.62. The van der Waals surface area contributed by atoms with E-state index in [4.69, 9.17) is 4.74 Å². The molecule has 5 rings (SSSR count). The van der Waals surface area contributed by atoms with Gasteiger partial charge < -0.3 is 20.3 Å². The summed E-state index contributed by atoms with van der Waals surface area (Å²) in [5.74, 6) is 0.624. The monoisotopic (exact) mass is 466 g/mol. The summed E-state index contributed by atoms with van der Waals surface area (Å²) in [5.41, 5.74) is 2.36. The van der Waals surface area contributed by atoms with E-state index in [1.54, 1.807) is 12.1 Å². The number of amides is 2. The summed E-state index contributed by atoms with van der Waals surface area (Å²) in [6.07, 6.45) is 1.26. The van der Waals surface area contributed by atoms with Crippen molar-refractivity contribution in [3.63, 3.8) is 0 Å². The van der Waals surface area contributed by atoms with Crippen LogP contribution in [0.15, 0.2) is 48.5 Å². The van der Waals surface area contributed by atoms with Crippen LogP contribution in [0.25, 0.3) is 0 Å². The highest BCUT2D eigenvalue weighted by Crippen LogP contribution is 2.41. The molecule has 2 heterocycles. The molecule has 2 amide bonds. The summed E-state index contributed by atoms with van der Waals surface area (Å²) in [4.78, 5) is 26.9. The molecule has 7 nitrogen and oxygen atoms in total. The van der Waals surface area contributed by atoms with Crippen LogP contribution in [0.4, 0.5) is 20.6 Å². The van der Waals surface area contributed by atoms with Gasteiger partial charge in [-0.25, -0.2) is 9.18 Å². The zero-order valence-electron chi connectivity index (χ0n) is 19.4. The Morgan fingerprint density at radius 1 is 1.09 bits per heavy atom. The summed E-state index contributed by atoms with van der Waals surface area (Å²) < 4.78 is 20.4. The quantitative estimate of drug-likeness (QED) is 0.655. The summed E-state index contributed by atoms with van der Waals surface area (Å²) >= 11 is 0. The fourth-order valence-corrected chi connectivity index (χ4v) is 5.54. The Kier molecular flexibility index (Phi) is 6.41. The molecule has 0 spiro atoms. The molecular formula is C26H31FN4O3. The molecule has 0 bridgehead atoms. The van der Waals surface area contributed by atoms with Crippen molar-refractivity contribution < 1.29 is 18.7 Å². The Morgan fingerprint density at radius 2 is 1.82 bits per heavy atom. The molecule has 1 aliphatic carbocycles. The van der Waals surface area contributed by atoms with E-state index in [2.05, 4.69) is 39.8 Å². The summed E-state index contributed by atoms with van der Waals surface area (Å²) in [6.45, 7) is 4.54. The van der Waals surface area contributed by atoms with Gasteiger partial charge in [-0.1, -0.05) is 30.3 Å². The van der Waals surface area contributed by atoms with Crippen molar-refractivity contribution in [2.75, 3.05) is 36.0 Å². The van der Waals surface area contributed by atoms with E-state index in [9.17, 15) is 9.59 Å². The number of nitrogens with one attached hydrogen (secondary N) is 2. The van der Waals surface area contributed by atoms with Crippen LogP contribution in [-0.4, -0.2) is 50.3 Å². The predicted molar refractivity (Wildman–Crippen MR) is 128 cm³/mol. The molecule has 2 saturated heterocycles. The second-order valence-corrected chi connectivity index (χ2v) is 9.65. The number of carbonyl (C=O) groups is 2. The van der Waals surface area contributed by atoms with Gasteiger partial charge in [0.1, 0.15) is 11.9 Å². The van der Waals surface area contributed by atoms with E-state index in [-0.39, 0.29) is 24.8 Å². The van der Waals surface area contributed by atoms with Gasteiger partial charge in [0.05, 0.1) is 24.5 Å². The summed E-state index contributed by atoms with van der Waals surface area (Å²) in [5, 5.41) is 6.34. The van der Waals surface area contributed by atoms with Crippen LogP contribution in [0.3, 0.4) is 0 Å². The number of benzene rings is 2. The Labute approximate surface area is 199 Å². The van der Waals surface area contributed by atoms with Gasteiger partial charge in [0.25, 0.3) is 0 Å². The lowest BCUT2D eigenvalue weighted by atomic mass is 10.0. The van der Waals surface area contributed by atoms with Crippen molar-refractivity contribution in [2.45, 2.75) is 38.5 Å². The van der Waals surface area contributed by atoms with Gasteiger partial charge in [-0.15, -0.1) is 0 Å². The Morgan fingerprint density at radius 3 is 2.50 bits per heavy atom. The van der Waals surface area contributed by atoms with Crippen molar-refractivity contribution >= 4 is 23.4 Å². The Balaban J connectivity index is 1.16. The van der Waals surface area contributed by atoms with E-state index in [0.29, 0.717) is 29.3 Å². The highest BCUT2D eigenvalue weighted by atomic mass is 19.1. The highest BCUT2D eigenvalue weighted by molar-refractivity contribution is 5.90. The average Bonchev–Trinajstić information content (AvgIpc) is 3.50. The molecule has 34 heavy (non-hydrogen) atoms. The summed E-state index contributed by atoms with van der Waals surface area (Å²) in [6, 6.07) is 15.9. The van der Waals surface area contributed by atoms with Gasteiger partial charge in [-0.05, 0) is 48.4 Å². The molecule has 8 heteroatoms. The molecule has 3 fully saturated rings. The standard InChI is InChI=1S/C26H31FN4O3/c1-17(32)28-13-23-16-31(26(33)34-23)22-7-8-25(24(27)11-22)30-14-19-9-21(10-20(19)15-30)29-12-18-5-3-2-4-6-18/h2-8,11,19-21,23,29H,9-10,12-16H2,1H3,(H,28,32)/t19-,20+,21?,23-/m0/s1. The lowest BCUT2D eigenvalue weighted by Crippen LogP contribution is -2.33. The molecule has 3 aliphatic rings. The minimum absolute atomic E-state index is 0.182. The smallest absolute Gasteiger partial charge is 0.414 e.